The second-order valence-corrected chi connectivity index (χ2v) is 4.11. The molecule has 1 atom stereocenters. The van der Waals surface area contributed by atoms with Crippen molar-refractivity contribution in [2.24, 2.45) is 0 Å². The van der Waals surface area contributed by atoms with Crippen LogP contribution in [-0.2, 0) is 0 Å². The Morgan fingerprint density at radius 2 is 2.24 bits per heavy atom. The van der Waals surface area contributed by atoms with Crippen molar-refractivity contribution in [3.8, 4) is 0 Å². The van der Waals surface area contributed by atoms with Crippen molar-refractivity contribution in [3.63, 3.8) is 0 Å². The minimum atomic E-state index is -0.344. The van der Waals surface area contributed by atoms with E-state index in [1.54, 1.807) is 14.0 Å². The summed E-state index contributed by atoms with van der Waals surface area (Å²) in [6, 6.07) is -0.344. The Morgan fingerprint density at radius 1 is 1.41 bits per heavy atom. The van der Waals surface area contributed by atoms with Crippen LogP contribution in [0.1, 0.15) is 28.6 Å². The summed E-state index contributed by atoms with van der Waals surface area (Å²) in [5, 5.41) is 27.2. The molecule has 0 aliphatic carbocycles. The maximum atomic E-state index is 11.8. The number of aromatic nitrogens is 6. The number of carbonyl (C=O) groups is 1. The van der Waals surface area contributed by atoms with Crippen LogP contribution in [0.25, 0.3) is 0 Å². The van der Waals surface area contributed by atoms with Gasteiger partial charge in [0.05, 0.1) is 6.04 Å². The standard InChI is InChI=1S/C7H10N8OS/c1-3(4-10-14-15-11-4)9-5(16)6-12-13-7(8-2)17-6/h3H,1-2H3,(H,8,13)(H,9,16)(H,10,11,14,15). The van der Waals surface area contributed by atoms with Gasteiger partial charge in [0, 0.05) is 7.05 Å². The van der Waals surface area contributed by atoms with Crippen LogP contribution in [0.2, 0.25) is 0 Å². The first-order chi connectivity index (χ1) is 8.20. The average molecular weight is 254 g/mol. The van der Waals surface area contributed by atoms with Gasteiger partial charge < -0.3 is 10.6 Å². The highest BCUT2D eigenvalue weighted by Gasteiger charge is 2.17. The van der Waals surface area contributed by atoms with E-state index in [2.05, 4.69) is 41.5 Å². The molecule has 2 rings (SSSR count). The molecule has 1 unspecified atom stereocenters. The lowest BCUT2D eigenvalue weighted by Gasteiger charge is -2.07. The number of aromatic amines is 1. The minimum absolute atomic E-state index is 0.282. The smallest absolute Gasteiger partial charge is 0.282 e. The number of rotatable bonds is 4. The zero-order chi connectivity index (χ0) is 12.3. The molecule has 0 aliphatic heterocycles. The SMILES string of the molecule is CNc1nnc(C(=O)NC(C)c2nn[nH]n2)s1. The Labute approximate surface area is 100 Å². The van der Waals surface area contributed by atoms with E-state index in [1.807, 2.05) is 0 Å². The van der Waals surface area contributed by atoms with Gasteiger partial charge in [-0.25, -0.2) is 0 Å². The molecular formula is C7H10N8OS. The fourth-order valence-corrected chi connectivity index (χ4v) is 1.69. The summed E-state index contributed by atoms with van der Waals surface area (Å²) in [5.74, 6) is 0.0954. The lowest BCUT2D eigenvalue weighted by molar-refractivity contribution is 0.0937. The zero-order valence-electron chi connectivity index (χ0n) is 9.13. The molecule has 0 fully saturated rings. The number of hydrogen-bond acceptors (Lipinski definition) is 8. The van der Waals surface area contributed by atoms with Gasteiger partial charge in [0.1, 0.15) is 0 Å². The van der Waals surface area contributed by atoms with Crippen LogP contribution in [0.5, 0.6) is 0 Å². The van der Waals surface area contributed by atoms with Crippen molar-refractivity contribution in [2.75, 3.05) is 12.4 Å². The van der Waals surface area contributed by atoms with E-state index in [0.29, 0.717) is 11.0 Å². The molecule has 90 valence electrons. The van der Waals surface area contributed by atoms with E-state index in [1.165, 1.54) is 11.3 Å². The van der Waals surface area contributed by atoms with Gasteiger partial charge in [0.15, 0.2) is 5.82 Å². The van der Waals surface area contributed by atoms with E-state index in [-0.39, 0.29) is 17.0 Å². The molecule has 0 radical (unpaired) electrons. The highest BCUT2D eigenvalue weighted by Crippen LogP contribution is 2.15. The van der Waals surface area contributed by atoms with Crippen LogP contribution in [0.15, 0.2) is 0 Å². The third-order valence-corrected chi connectivity index (χ3v) is 2.87. The Morgan fingerprint density at radius 3 is 2.82 bits per heavy atom. The number of nitrogens with zero attached hydrogens (tertiary/aromatic N) is 5. The lowest BCUT2D eigenvalue weighted by atomic mass is 10.3. The maximum Gasteiger partial charge on any atom is 0.282 e. The highest BCUT2D eigenvalue weighted by molar-refractivity contribution is 7.17. The Hall–Kier alpha value is -2.10. The van der Waals surface area contributed by atoms with Gasteiger partial charge in [0.25, 0.3) is 5.91 Å². The molecule has 2 aromatic rings. The highest BCUT2D eigenvalue weighted by atomic mass is 32.1. The molecular weight excluding hydrogens is 244 g/mol. The quantitative estimate of drug-likeness (QED) is 0.677. The fraction of sp³-hybridized carbons (Fsp3) is 0.429. The predicted octanol–water partition coefficient (Wildman–Crippen LogP) is -0.416. The van der Waals surface area contributed by atoms with E-state index in [4.69, 9.17) is 0 Å². The third kappa shape index (κ3) is 2.53. The van der Waals surface area contributed by atoms with Crippen molar-refractivity contribution in [1.29, 1.82) is 0 Å². The Balaban J connectivity index is 2.01. The molecule has 0 saturated heterocycles. The lowest BCUT2D eigenvalue weighted by Crippen LogP contribution is -2.27. The van der Waals surface area contributed by atoms with Crippen molar-refractivity contribution in [2.45, 2.75) is 13.0 Å². The average Bonchev–Trinajstić information content (AvgIpc) is 3.00. The van der Waals surface area contributed by atoms with Gasteiger partial charge >= 0.3 is 0 Å². The van der Waals surface area contributed by atoms with Crippen LogP contribution in [0.3, 0.4) is 0 Å². The van der Waals surface area contributed by atoms with Crippen LogP contribution in [0.4, 0.5) is 5.13 Å². The number of hydrogen-bond donors (Lipinski definition) is 3. The molecule has 0 spiro atoms. The largest absolute Gasteiger partial charge is 0.363 e. The summed E-state index contributed by atoms with van der Waals surface area (Å²) in [5.41, 5.74) is 0. The first-order valence-corrected chi connectivity index (χ1v) is 5.58. The van der Waals surface area contributed by atoms with Crippen molar-refractivity contribution in [3.05, 3.63) is 10.8 Å². The summed E-state index contributed by atoms with van der Waals surface area (Å²) in [4.78, 5) is 11.8. The summed E-state index contributed by atoms with van der Waals surface area (Å²) in [6.07, 6.45) is 0. The molecule has 0 bridgehead atoms. The summed E-state index contributed by atoms with van der Waals surface area (Å²) in [7, 11) is 1.71. The predicted molar refractivity (Wildman–Crippen MR) is 59.5 cm³/mol. The number of anilines is 1. The summed E-state index contributed by atoms with van der Waals surface area (Å²) >= 11 is 1.17. The topological polar surface area (TPSA) is 121 Å². The molecule has 0 aromatic carbocycles. The zero-order valence-corrected chi connectivity index (χ0v) is 9.95. The normalized spacial score (nSPS) is 12.1. The summed E-state index contributed by atoms with van der Waals surface area (Å²) < 4.78 is 0. The third-order valence-electron chi connectivity index (χ3n) is 1.93. The fourth-order valence-electron chi connectivity index (χ4n) is 1.09. The number of amides is 1. The van der Waals surface area contributed by atoms with Gasteiger partial charge in [-0.3, -0.25) is 4.79 Å². The van der Waals surface area contributed by atoms with Crippen molar-refractivity contribution in [1.82, 2.24) is 36.1 Å². The van der Waals surface area contributed by atoms with Gasteiger partial charge in [-0.05, 0) is 6.92 Å². The van der Waals surface area contributed by atoms with Crippen LogP contribution in [-0.4, -0.2) is 43.8 Å². The first-order valence-electron chi connectivity index (χ1n) is 4.76. The first kappa shape index (κ1) is 11.4. The van der Waals surface area contributed by atoms with E-state index >= 15 is 0 Å². The molecule has 10 heteroatoms. The van der Waals surface area contributed by atoms with E-state index < -0.39 is 0 Å². The summed E-state index contributed by atoms with van der Waals surface area (Å²) in [6.45, 7) is 1.75. The molecule has 3 N–H and O–H groups in total. The van der Waals surface area contributed by atoms with E-state index in [9.17, 15) is 4.79 Å². The van der Waals surface area contributed by atoms with Crippen LogP contribution >= 0.6 is 11.3 Å². The molecule has 0 saturated carbocycles. The van der Waals surface area contributed by atoms with Gasteiger partial charge in [-0.2, -0.15) is 5.21 Å². The molecule has 2 aromatic heterocycles. The van der Waals surface area contributed by atoms with Gasteiger partial charge in [-0.1, -0.05) is 16.6 Å². The molecule has 0 aliphatic rings. The number of nitrogens with one attached hydrogen (secondary N) is 3. The Kier molecular flexibility index (Phi) is 3.23. The van der Waals surface area contributed by atoms with Crippen molar-refractivity contribution >= 4 is 22.4 Å². The maximum absolute atomic E-state index is 11.8. The van der Waals surface area contributed by atoms with Gasteiger partial charge in [0.2, 0.25) is 10.1 Å². The minimum Gasteiger partial charge on any atom is -0.363 e. The molecule has 9 nitrogen and oxygen atoms in total. The van der Waals surface area contributed by atoms with E-state index in [0.717, 1.165) is 0 Å². The number of tetrazole rings is 1. The van der Waals surface area contributed by atoms with Gasteiger partial charge in [-0.15, -0.1) is 20.4 Å². The van der Waals surface area contributed by atoms with Crippen molar-refractivity contribution < 1.29 is 4.79 Å². The number of H-pyrrole nitrogens is 1. The van der Waals surface area contributed by atoms with Crippen LogP contribution in [0, 0.1) is 0 Å². The molecule has 17 heavy (non-hydrogen) atoms. The van der Waals surface area contributed by atoms with Crippen LogP contribution < -0.4 is 10.6 Å². The molecule has 1 amide bonds. The second kappa shape index (κ2) is 4.82. The second-order valence-electron chi connectivity index (χ2n) is 3.13. The Bertz CT molecular complexity index is 494. The monoisotopic (exact) mass is 254 g/mol. The molecule has 2 heterocycles. The number of carbonyl (C=O) groups excluding carboxylic acids is 1.